The number of alkyl halides is 3. The quantitative estimate of drug-likeness (QED) is 0.676. The third kappa shape index (κ3) is 4.83. The van der Waals surface area contributed by atoms with Gasteiger partial charge >= 0.3 is 12.3 Å². The largest absolute Gasteiger partial charge is 0.444 e. The predicted molar refractivity (Wildman–Crippen MR) is 112 cm³/mol. The lowest BCUT2D eigenvalue weighted by molar-refractivity contribution is -0.250. The van der Waals surface area contributed by atoms with Crippen LogP contribution < -0.4 is 0 Å². The van der Waals surface area contributed by atoms with Gasteiger partial charge in [0.15, 0.2) is 0 Å². The molecule has 2 amide bonds. The predicted octanol–water partition coefficient (Wildman–Crippen LogP) is 4.61. The Bertz CT molecular complexity index is 912. The van der Waals surface area contributed by atoms with Crippen LogP contribution in [0.2, 0.25) is 5.02 Å². The minimum atomic E-state index is -5.09. The lowest BCUT2D eigenvalue weighted by Crippen LogP contribution is -2.56. The number of hydrogen-bond donors (Lipinski definition) is 1. The molecule has 1 aromatic rings. The molecule has 2 atom stereocenters. The number of fused-ring (bicyclic) bond motifs is 1. The van der Waals surface area contributed by atoms with Crippen molar-refractivity contribution < 1.29 is 32.6 Å². The first kappa shape index (κ1) is 24.6. The second kappa shape index (κ2) is 8.41. The summed E-state index contributed by atoms with van der Waals surface area (Å²) in [5.41, 5.74) is -1.98. The number of likely N-dealkylation sites (tertiary alicyclic amines) is 1. The molecular weight excluding hydrogens is 449 g/mol. The summed E-state index contributed by atoms with van der Waals surface area (Å²) in [6, 6.07) is 3.07. The Morgan fingerprint density at radius 2 is 1.81 bits per heavy atom. The number of hydrogen-bond acceptors (Lipinski definition) is 4. The highest BCUT2D eigenvalue weighted by molar-refractivity contribution is 6.30. The molecule has 1 fully saturated rings. The second-order valence-electron chi connectivity index (χ2n) is 9.51. The molecule has 0 saturated carbocycles. The fourth-order valence-electron chi connectivity index (χ4n) is 4.19. The fraction of sp³-hybridized carbons (Fsp3) is 0.636. The van der Waals surface area contributed by atoms with Crippen LogP contribution in [0.4, 0.5) is 18.0 Å². The second-order valence-corrected chi connectivity index (χ2v) is 9.95. The summed E-state index contributed by atoms with van der Waals surface area (Å²) >= 11 is 6.32. The summed E-state index contributed by atoms with van der Waals surface area (Å²) in [4.78, 5) is 27.9. The summed E-state index contributed by atoms with van der Waals surface area (Å²) in [6.45, 7) is 6.18. The first-order valence-corrected chi connectivity index (χ1v) is 10.9. The maximum absolute atomic E-state index is 13.2. The molecule has 1 saturated heterocycles. The van der Waals surface area contributed by atoms with E-state index >= 15 is 0 Å². The van der Waals surface area contributed by atoms with Crippen molar-refractivity contribution in [3.05, 3.63) is 33.8 Å². The number of carbonyl (C=O) groups is 2. The average molecular weight is 477 g/mol. The third-order valence-corrected chi connectivity index (χ3v) is 6.06. The van der Waals surface area contributed by atoms with Crippen molar-refractivity contribution in [3.8, 4) is 0 Å². The first-order valence-electron chi connectivity index (χ1n) is 10.5. The lowest BCUT2D eigenvalue weighted by atomic mass is 9.89. The zero-order valence-electron chi connectivity index (χ0n) is 18.6. The van der Waals surface area contributed by atoms with E-state index in [4.69, 9.17) is 16.3 Å². The lowest BCUT2D eigenvalue weighted by Gasteiger charge is -2.37. The van der Waals surface area contributed by atoms with Gasteiger partial charge in [-0.2, -0.15) is 13.2 Å². The van der Waals surface area contributed by atoms with Crippen molar-refractivity contribution in [2.45, 2.75) is 76.9 Å². The van der Waals surface area contributed by atoms with Gasteiger partial charge in [-0.1, -0.05) is 11.6 Å². The number of halogens is 4. The van der Waals surface area contributed by atoms with Gasteiger partial charge in [-0.15, -0.1) is 0 Å². The van der Waals surface area contributed by atoms with E-state index in [0.29, 0.717) is 42.5 Å². The smallest absolute Gasteiger partial charge is 0.426 e. The minimum Gasteiger partial charge on any atom is -0.444 e. The number of nitrogens with zero attached hydrogens (tertiary/aromatic N) is 2. The van der Waals surface area contributed by atoms with Gasteiger partial charge in [0, 0.05) is 24.7 Å². The van der Waals surface area contributed by atoms with Crippen LogP contribution in [0, 0.1) is 0 Å². The molecule has 2 heterocycles. The van der Waals surface area contributed by atoms with E-state index in [1.165, 1.54) is 0 Å². The Labute approximate surface area is 190 Å². The molecule has 2 unspecified atom stereocenters. The van der Waals surface area contributed by atoms with E-state index in [2.05, 4.69) is 0 Å². The molecule has 0 aliphatic carbocycles. The highest BCUT2D eigenvalue weighted by atomic mass is 35.5. The van der Waals surface area contributed by atoms with Gasteiger partial charge in [0.1, 0.15) is 5.60 Å². The van der Waals surface area contributed by atoms with Crippen LogP contribution in [0.5, 0.6) is 0 Å². The van der Waals surface area contributed by atoms with Gasteiger partial charge in [0.2, 0.25) is 5.60 Å². The molecule has 1 aromatic carbocycles. The van der Waals surface area contributed by atoms with Crippen LogP contribution in [-0.2, 0) is 22.5 Å². The van der Waals surface area contributed by atoms with Crippen LogP contribution >= 0.6 is 11.6 Å². The summed E-state index contributed by atoms with van der Waals surface area (Å²) < 4.78 is 45.2. The van der Waals surface area contributed by atoms with Gasteiger partial charge in [-0.25, -0.2) is 4.79 Å². The van der Waals surface area contributed by atoms with Gasteiger partial charge < -0.3 is 19.6 Å². The van der Waals surface area contributed by atoms with E-state index in [9.17, 15) is 27.9 Å². The number of benzene rings is 1. The highest BCUT2D eigenvalue weighted by Gasteiger charge is 2.57. The molecule has 6 nitrogen and oxygen atoms in total. The van der Waals surface area contributed by atoms with Crippen molar-refractivity contribution in [1.82, 2.24) is 9.80 Å². The zero-order chi connectivity index (χ0) is 24.1. The Balaban J connectivity index is 1.94. The first-order chi connectivity index (χ1) is 14.6. The van der Waals surface area contributed by atoms with Crippen molar-refractivity contribution in [1.29, 1.82) is 0 Å². The Morgan fingerprint density at radius 1 is 1.16 bits per heavy atom. The maximum Gasteiger partial charge on any atom is 0.426 e. The molecule has 2 aliphatic rings. The summed E-state index contributed by atoms with van der Waals surface area (Å²) in [5, 5.41) is 10.3. The van der Waals surface area contributed by atoms with Crippen molar-refractivity contribution >= 4 is 23.6 Å². The van der Waals surface area contributed by atoms with E-state index in [1.807, 2.05) is 0 Å². The Hall–Kier alpha value is -2.00. The van der Waals surface area contributed by atoms with Gasteiger partial charge in [-0.05, 0) is 75.8 Å². The Kier molecular flexibility index (Phi) is 6.47. The van der Waals surface area contributed by atoms with Gasteiger partial charge in [-0.3, -0.25) is 4.79 Å². The van der Waals surface area contributed by atoms with Crippen LogP contribution in [0.15, 0.2) is 12.1 Å². The molecule has 10 heteroatoms. The minimum absolute atomic E-state index is 0.0261. The van der Waals surface area contributed by atoms with E-state index in [0.717, 1.165) is 16.9 Å². The molecule has 178 valence electrons. The molecule has 0 spiro atoms. The highest BCUT2D eigenvalue weighted by Crippen LogP contribution is 2.40. The number of amides is 2. The molecule has 2 aliphatic heterocycles. The fourth-order valence-corrected chi connectivity index (χ4v) is 4.44. The van der Waals surface area contributed by atoms with Gasteiger partial charge in [0.05, 0.1) is 6.04 Å². The van der Waals surface area contributed by atoms with Crippen LogP contribution in [-0.4, -0.2) is 57.4 Å². The number of carbonyl (C=O) groups excluding carboxylic acids is 2. The van der Waals surface area contributed by atoms with Crippen molar-refractivity contribution in [3.63, 3.8) is 0 Å². The average Bonchev–Trinajstić information content (AvgIpc) is 3.14. The molecule has 1 N–H and O–H groups in total. The van der Waals surface area contributed by atoms with Crippen LogP contribution in [0.3, 0.4) is 0 Å². The summed E-state index contributed by atoms with van der Waals surface area (Å²) in [5.74, 6) is -1.40. The van der Waals surface area contributed by atoms with Crippen molar-refractivity contribution in [2.24, 2.45) is 0 Å². The molecule has 32 heavy (non-hydrogen) atoms. The van der Waals surface area contributed by atoms with Crippen LogP contribution in [0.25, 0.3) is 0 Å². The topological polar surface area (TPSA) is 70.1 Å². The normalized spacial score (nSPS) is 21.2. The van der Waals surface area contributed by atoms with E-state index in [-0.39, 0.29) is 19.1 Å². The van der Waals surface area contributed by atoms with E-state index < -0.39 is 29.4 Å². The van der Waals surface area contributed by atoms with Crippen molar-refractivity contribution in [2.75, 3.05) is 13.1 Å². The molecular formula is C22H28ClF3N2O4. The third-order valence-electron chi connectivity index (χ3n) is 5.84. The summed E-state index contributed by atoms with van der Waals surface area (Å²) in [7, 11) is 0. The Morgan fingerprint density at radius 3 is 2.41 bits per heavy atom. The SMILES string of the molecule is CC(C)(C)OC(=O)N1CCCC1c1cc(Cl)cc2c1CN(C(=O)C(C)(O)C(F)(F)F)CC2. The molecule has 0 aromatic heterocycles. The monoisotopic (exact) mass is 476 g/mol. The molecule has 3 rings (SSSR count). The van der Waals surface area contributed by atoms with Crippen LogP contribution in [0.1, 0.15) is 63.3 Å². The number of ether oxygens (including phenoxy) is 1. The van der Waals surface area contributed by atoms with E-state index in [1.54, 1.807) is 37.8 Å². The standard InChI is InChI=1S/C22H28ClF3N2O4/c1-20(2,3)32-19(30)28-8-5-6-17(28)15-11-14(23)10-13-7-9-27(12-16(13)15)18(29)21(4,31)22(24,25)26/h10-11,17,31H,5-9,12H2,1-4H3. The summed E-state index contributed by atoms with van der Waals surface area (Å²) in [6.07, 6.45) is -3.90. The number of rotatable bonds is 2. The molecule has 0 bridgehead atoms. The maximum atomic E-state index is 13.2. The van der Waals surface area contributed by atoms with Gasteiger partial charge in [0.25, 0.3) is 5.91 Å². The molecule has 0 radical (unpaired) electrons. The number of aliphatic hydroxyl groups is 1. The zero-order valence-corrected chi connectivity index (χ0v) is 19.3.